The second-order valence-corrected chi connectivity index (χ2v) is 9.25. The lowest BCUT2D eigenvalue weighted by Crippen LogP contribution is -2.08. The number of unbranched alkanes of at least 4 members (excludes halogenated alkanes) is 7. The fourth-order valence-electron chi connectivity index (χ4n) is 3.89. The number of Topliss-reactive ketones (excluding diaryl/α,β-unsaturated/α-hetero) is 1. The molecular formula is C32H38N2O4. The van der Waals surface area contributed by atoms with Gasteiger partial charge in [0.15, 0.2) is 5.78 Å². The van der Waals surface area contributed by atoms with E-state index in [9.17, 15) is 9.59 Å². The number of azo groups is 1. The minimum absolute atomic E-state index is 0.0944. The zero-order chi connectivity index (χ0) is 27.0. The Morgan fingerprint density at radius 1 is 0.605 bits per heavy atom. The van der Waals surface area contributed by atoms with Crippen LogP contribution in [0, 0.1) is 0 Å². The van der Waals surface area contributed by atoms with E-state index in [-0.39, 0.29) is 5.78 Å². The van der Waals surface area contributed by atoms with Gasteiger partial charge in [0.25, 0.3) is 0 Å². The molecule has 0 saturated carbocycles. The summed E-state index contributed by atoms with van der Waals surface area (Å²) in [4.78, 5) is 24.2. The monoisotopic (exact) mass is 514 g/mol. The van der Waals surface area contributed by atoms with Gasteiger partial charge in [-0.3, -0.25) is 4.79 Å². The average molecular weight is 515 g/mol. The Balaban J connectivity index is 1.40. The first-order valence-electron chi connectivity index (χ1n) is 13.7. The molecule has 3 rings (SSSR count). The summed E-state index contributed by atoms with van der Waals surface area (Å²) in [6, 6.07) is 20.9. The highest BCUT2D eigenvalue weighted by atomic mass is 16.5. The first-order valence-corrected chi connectivity index (χ1v) is 13.7. The number of ether oxygens (including phenoxy) is 2. The molecule has 0 radical (unpaired) electrons. The summed E-state index contributed by atoms with van der Waals surface area (Å²) in [5, 5.41) is 8.39. The zero-order valence-electron chi connectivity index (χ0n) is 22.5. The molecule has 6 heteroatoms. The minimum Gasteiger partial charge on any atom is -0.494 e. The summed E-state index contributed by atoms with van der Waals surface area (Å²) in [5.74, 6) is 0.838. The molecule has 0 amide bonds. The van der Waals surface area contributed by atoms with Crippen LogP contribution in [0.25, 0.3) is 0 Å². The molecule has 3 aromatic rings. The van der Waals surface area contributed by atoms with Crippen LogP contribution in [0.5, 0.6) is 11.5 Å². The summed E-state index contributed by atoms with van der Waals surface area (Å²) in [7, 11) is 0. The summed E-state index contributed by atoms with van der Waals surface area (Å²) in [6.45, 7) is 4.76. The second kappa shape index (κ2) is 16.1. The van der Waals surface area contributed by atoms with Crippen molar-refractivity contribution in [3.8, 4) is 11.5 Å². The van der Waals surface area contributed by atoms with Crippen LogP contribution in [0.2, 0.25) is 0 Å². The van der Waals surface area contributed by atoms with E-state index in [0.717, 1.165) is 12.2 Å². The number of esters is 1. The minimum atomic E-state index is -0.435. The molecule has 0 aliphatic heterocycles. The lowest BCUT2D eigenvalue weighted by Gasteiger charge is -2.08. The Morgan fingerprint density at radius 3 is 1.68 bits per heavy atom. The van der Waals surface area contributed by atoms with Crippen LogP contribution in [0.4, 0.5) is 11.4 Å². The van der Waals surface area contributed by atoms with Gasteiger partial charge in [-0.25, -0.2) is 4.79 Å². The number of carbonyl (C=O) groups excluding carboxylic acids is 2. The summed E-state index contributed by atoms with van der Waals surface area (Å²) in [5.41, 5.74) is 2.40. The van der Waals surface area contributed by atoms with Gasteiger partial charge in [0.1, 0.15) is 11.5 Å². The van der Waals surface area contributed by atoms with Gasteiger partial charge in [0.2, 0.25) is 0 Å². The Kier molecular flexibility index (Phi) is 12.2. The normalized spacial score (nSPS) is 11.0. The van der Waals surface area contributed by atoms with E-state index in [1.54, 1.807) is 72.8 Å². The van der Waals surface area contributed by atoms with Gasteiger partial charge in [0, 0.05) is 12.0 Å². The molecule has 0 unspecified atom stereocenters. The second-order valence-electron chi connectivity index (χ2n) is 9.25. The van der Waals surface area contributed by atoms with E-state index in [4.69, 9.17) is 9.47 Å². The molecule has 0 N–H and O–H groups in total. The molecule has 0 bridgehead atoms. The van der Waals surface area contributed by atoms with Crippen LogP contribution in [0.3, 0.4) is 0 Å². The maximum Gasteiger partial charge on any atom is 0.343 e. The Bertz CT molecular complexity index is 1150. The standard InChI is InChI=1S/C32H38N2O4/c1-3-5-6-7-8-9-10-11-24-37-29-20-14-26(15-21-29)32(36)38-30-22-18-28(19-23-30)34-33-27-16-12-25(13-17-27)31(35)4-2/h12-23H,3-11,24H2,1-2H3. The van der Waals surface area contributed by atoms with Crippen molar-refractivity contribution < 1.29 is 19.1 Å². The van der Waals surface area contributed by atoms with Crippen LogP contribution >= 0.6 is 0 Å². The van der Waals surface area contributed by atoms with Crippen molar-refractivity contribution >= 4 is 23.1 Å². The fourth-order valence-corrected chi connectivity index (χ4v) is 3.89. The van der Waals surface area contributed by atoms with Crippen molar-refractivity contribution in [3.63, 3.8) is 0 Å². The Hall–Kier alpha value is -3.80. The smallest absolute Gasteiger partial charge is 0.343 e. The number of hydrogen-bond donors (Lipinski definition) is 0. The highest BCUT2D eigenvalue weighted by Gasteiger charge is 2.09. The molecule has 0 atom stereocenters. The van der Waals surface area contributed by atoms with Gasteiger partial charge in [-0.05, 0) is 79.2 Å². The van der Waals surface area contributed by atoms with E-state index < -0.39 is 5.97 Å². The first kappa shape index (κ1) is 28.8. The van der Waals surface area contributed by atoms with Crippen molar-refractivity contribution in [1.29, 1.82) is 0 Å². The van der Waals surface area contributed by atoms with Gasteiger partial charge in [-0.15, -0.1) is 0 Å². The zero-order valence-corrected chi connectivity index (χ0v) is 22.5. The number of ketones is 1. The molecule has 38 heavy (non-hydrogen) atoms. The molecule has 0 aromatic heterocycles. The molecule has 0 heterocycles. The van der Waals surface area contributed by atoms with Gasteiger partial charge in [-0.2, -0.15) is 10.2 Å². The average Bonchev–Trinajstić information content (AvgIpc) is 2.96. The number of carbonyl (C=O) groups is 2. The Labute approximate surface area is 226 Å². The molecule has 3 aromatic carbocycles. The molecule has 0 fully saturated rings. The predicted octanol–water partition coefficient (Wildman–Crippen LogP) is 9.43. The molecule has 6 nitrogen and oxygen atoms in total. The van der Waals surface area contributed by atoms with Crippen molar-refractivity contribution in [1.82, 2.24) is 0 Å². The topological polar surface area (TPSA) is 77.3 Å². The summed E-state index contributed by atoms with van der Waals surface area (Å²) in [6.07, 6.45) is 10.6. The van der Waals surface area contributed by atoms with E-state index in [2.05, 4.69) is 17.2 Å². The highest BCUT2D eigenvalue weighted by Crippen LogP contribution is 2.23. The van der Waals surface area contributed by atoms with Crippen LogP contribution in [-0.2, 0) is 0 Å². The molecular weight excluding hydrogens is 476 g/mol. The number of benzene rings is 3. The van der Waals surface area contributed by atoms with E-state index in [1.807, 2.05) is 6.92 Å². The number of nitrogens with zero attached hydrogens (tertiary/aromatic N) is 2. The van der Waals surface area contributed by atoms with Gasteiger partial charge >= 0.3 is 5.97 Å². The molecule has 200 valence electrons. The lowest BCUT2D eigenvalue weighted by molar-refractivity contribution is 0.0734. The first-order chi connectivity index (χ1) is 18.6. The quantitative estimate of drug-likeness (QED) is 0.0627. The van der Waals surface area contributed by atoms with Crippen LogP contribution in [0.1, 0.15) is 92.4 Å². The van der Waals surface area contributed by atoms with Crippen LogP contribution < -0.4 is 9.47 Å². The molecule has 0 saturated heterocycles. The molecule has 0 aliphatic carbocycles. The third-order valence-corrected chi connectivity index (χ3v) is 6.20. The van der Waals surface area contributed by atoms with E-state index in [0.29, 0.717) is 41.3 Å². The van der Waals surface area contributed by atoms with E-state index in [1.165, 1.54) is 44.9 Å². The summed E-state index contributed by atoms with van der Waals surface area (Å²) < 4.78 is 11.3. The molecule has 0 aliphatic rings. The Morgan fingerprint density at radius 2 is 1.11 bits per heavy atom. The predicted molar refractivity (Wildman–Crippen MR) is 151 cm³/mol. The molecule has 0 spiro atoms. The van der Waals surface area contributed by atoms with Crippen molar-refractivity contribution in [3.05, 3.63) is 83.9 Å². The van der Waals surface area contributed by atoms with Crippen molar-refractivity contribution in [2.24, 2.45) is 10.2 Å². The van der Waals surface area contributed by atoms with Crippen LogP contribution in [0.15, 0.2) is 83.0 Å². The van der Waals surface area contributed by atoms with Gasteiger partial charge in [-0.1, -0.05) is 58.8 Å². The van der Waals surface area contributed by atoms with Gasteiger partial charge < -0.3 is 9.47 Å². The third kappa shape index (κ3) is 9.92. The fraction of sp³-hybridized carbons (Fsp3) is 0.375. The maximum atomic E-state index is 12.5. The number of hydrogen-bond acceptors (Lipinski definition) is 6. The third-order valence-electron chi connectivity index (χ3n) is 6.20. The van der Waals surface area contributed by atoms with E-state index >= 15 is 0 Å². The van der Waals surface area contributed by atoms with Crippen molar-refractivity contribution in [2.75, 3.05) is 6.61 Å². The van der Waals surface area contributed by atoms with Crippen LogP contribution in [-0.4, -0.2) is 18.4 Å². The largest absolute Gasteiger partial charge is 0.494 e. The summed E-state index contributed by atoms with van der Waals surface area (Å²) >= 11 is 0. The lowest BCUT2D eigenvalue weighted by atomic mass is 10.1. The SMILES string of the molecule is CCCCCCCCCCOc1ccc(C(=O)Oc2ccc(N=Nc3ccc(C(=O)CC)cc3)cc2)cc1. The number of rotatable bonds is 16. The maximum absolute atomic E-state index is 12.5. The highest BCUT2D eigenvalue weighted by molar-refractivity contribution is 5.96. The van der Waals surface area contributed by atoms with Gasteiger partial charge in [0.05, 0.1) is 23.5 Å². The van der Waals surface area contributed by atoms with Crippen molar-refractivity contribution in [2.45, 2.75) is 71.6 Å².